The minimum Gasteiger partial charge on any atom is -0.444 e. The number of likely N-dealkylation sites (N-methyl/N-ethyl adjacent to an activating group) is 1. The van der Waals surface area contributed by atoms with Crippen molar-refractivity contribution >= 4 is 45.5 Å². The first-order valence-corrected chi connectivity index (χ1v) is 21.6. The highest BCUT2D eigenvalue weighted by Crippen LogP contribution is 2.38. The zero-order valence-electron chi connectivity index (χ0n) is 34.8. The number of hydrogen-bond donors (Lipinski definition) is 3. The molecule has 15 nitrogen and oxygen atoms in total. The molecule has 2 unspecified atom stereocenters. The normalized spacial score (nSPS) is 20.2. The lowest BCUT2D eigenvalue weighted by Crippen LogP contribution is -2.61. The fraction of sp³-hybridized carbons (Fsp3) is 0.659. The average Bonchev–Trinajstić information content (AvgIpc) is 3.85. The third-order valence-electron chi connectivity index (χ3n) is 11.1. The number of ether oxygens (including phenoxy) is 1. The van der Waals surface area contributed by atoms with Crippen LogP contribution in [-0.4, -0.2) is 122 Å². The van der Waals surface area contributed by atoms with Gasteiger partial charge in [0.2, 0.25) is 21.7 Å². The van der Waals surface area contributed by atoms with Crippen LogP contribution in [0.4, 0.5) is 9.59 Å². The van der Waals surface area contributed by atoms with Gasteiger partial charge in [-0.2, -0.15) is 0 Å². The van der Waals surface area contributed by atoms with Crippen molar-refractivity contribution in [3.8, 4) is 0 Å². The number of rotatable bonds is 16. The summed E-state index contributed by atoms with van der Waals surface area (Å²) in [6.45, 7) is 15.2. The van der Waals surface area contributed by atoms with E-state index in [0.717, 1.165) is 34.5 Å². The summed E-state index contributed by atoms with van der Waals surface area (Å²) in [4.78, 5) is 85.2. The Morgan fingerprint density at radius 1 is 1.00 bits per heavy atom. The summed E-state index contributed by atoms with van der Waals surface area (Å²) in [6, 6.07) is 4.20. The maximum absolute atomic E-state index is 14.7. The van der Waals surface area contributed by atoms with E-state index in [1.54, 1.807) is 25.7 Å². The second-order valence-corrected chi connectivity index (χ2v) is 20.1. The number of amides is 5. The van der Waals surface area contributed by atoms with Crippen molar-refractivity contribution in [2.24, 2.45) is 22.7 Å². The summed E-state index contributed by atoms with van der Waals surface area (Å²) in [5.41, 5.74) is 0.704. The van der Waals surface area contributed by atoms with Crippen LogP contribution in [0.3, 0.4) is 0 Å². The fourth-order valence-electron chi connectivity index (χ4n) is 7.23. The summed E-state index contributed by atoms with van der Waals surface area (Å²) >= 11 is 0. The van der Waals surface area contributed by atoms with Gasteiger partial charge in [-0.1, -0.05) is 84.7 Å². The molecule has 1 aromatic carbocycles. The minimum atomic E-state index is -3.56. The highest BCUT2D eigenvalue weighted by Gasteiger charge is 2.47. The molecule has 2 fully saturated rings. The van der Waals surface area contributed by atoms with Gasteiger partial charge in [-0.05, 0) is 40.7 Å². The number of nitrogens with one attached hydrogen (secondary N) is 3. The van der Waals surface area contributed by atoms with E-state index in [0.29, 0.717) is 25.9 Å². The van der Waals surface area contributed by atoms with Gasteiger partial charge in [0.15, 0.2) is 5.78 Å². The number of hydrogen-bond acceptors (Lipinski definition) is 9. The first kappa shape index (κ1) is 45.4. The molecule has 57 heavy (non-hydrogen) atoms. The molecule has 1 aromatic rings. The number of carbonyl (C=O) groups is 6. The van der Waals surface area contributed by atoms with E-state index in [2.05, 4.69) is 22.5 Å². The predicted molar refractivity (Wildman–Crippen MR) is 215 cm³/mol. The molecular weight excluding hydrogens is 753 g/mol. The molecule has 5 atom stereocenters. The van der Waals surface area contributed by atoms with Crippen molar-refractivity contribution in [3.63, 3.8) is 0 Å². The molecule has 1 saturated heterocycles. The van der Waals surface area contributed by atoms with Crippen molar-refractivity contribution < 1.29 is 41.9 Å². The van der Waals surface area contributed by atoms with E-state index >= 15 is 0 Å². The van der Waals surface area contributed by atoms with Crippen LogP contribution in [0.15, 0.2) is 36.9 Å². The Morgan fingerprint density at radius 3 is 2.23 bits per heavy atom. The van der Waals surface area contributed by atoms with Crippen LogP contribution < -0.4 is 16.0 Å². The second-order valence-electron chi connectivity index (χ2n) is 18.0. The average molecular weight is 815 g/mol. The molecule has 2 aliphatic heterocycles. The van der Waals surface area contributed by atoms with Gasteiger partial charge in [-0.3, -0.25) is 19.2 Å². The molecule has 1 aliphatic carbocycles. The molecule has 0 radical (unpaired) electrons. The Bertz CT molecular complexity index is 1800. The first-order chi connectivity index (χ1) is 26.5. The summed E-state index contributed by atoms with van der Waals surface area (Å²) in [5.74, 6) is -3.23. The minimum absolute atomic E-state index is 0.0193. The van der Waals surface area contributed by atoms with Gasteiger partial charge in [-0.25, -0.2) is 22.3 Å². The van der Waals surface area contributed by atoms with Crippen LogP contribution >= 0.6 is 0 Å². The van der Waals surface area contributed by atoms with E-state index in [-0.39, 0.29) is 38.4 Å². The van der Waals surface area contributed by atoms with Crippen LogP contribution in [0.5, 0.6) is 0 Å². The smallest absolute Gasteiger partial charge is 0.410 e. The van der Waals surface area contributed by atoms with E-state index in [9.17, 15) is 37.2 Å². The quantitative estimate of drug-likeness (QED) is 0.166. The number of likely N-dealkylation sites (tertiary alicyclic amines) is 1. The topological polar surface area (TPSA) is 192 Å². The summed E-state index contributed by atoms with van der Waals surface area (Å²) < 4.78 is 31.6. The lowest BCUT2D eigenvalue weighted by molar-refractivity contribution is -0.143. The second kappa shape index (κ2) is 18.5. The molecule has 3 aliphatic rings. The number of Topliss-reactive ketones (excluding diaryl/α,β-unsaturated/α-hetero) is 2. The highest BCUT2D eigenvalue weighted by atomic mass is 32.2. The van der Waals surface area contributed by atoms with Crippen LogP contribution in [0.2, 0.25) is 0 Å². The summed E-state index contributed by atoms with van der Waals surface area (Å²) in [6.07, 6.45) is 3.56. The number of benzene rings is 1. The molecule has 1 saturated carbocycles. The fourth-order valence-corrected chi connectivity index (χ4v) is 7.65. The molecule has 3 N–H and O–H groups in total. The number of nitrogens with zero attached hydrogens (tertiary/aromatic N) is 3. The molecular formula is C41H62N6O9S. The van der Waals surface area contributed by atoms with E-state index in [4.69, 9.17) is 4.74 Å². The molecule has 5 amide bonds. The number of urea groups is 1. The molecule has 0 bridgehead atoms. The van der Waals surface area contributed by atoms with Crippen LogP contribution in [0.25, 0.3) is 0 Å². The highest BCUT2D eigenvalue weighted by molar-refractivity contribution is 7.88. The van der Waals surface area contributed by atoms with Crippen molar-refractivity contribution in [3.05, 3.63) is 48.0 Å². The molecule has 4 rings (SSSR count). The number of fused-ring (bicyclic) bond motifs is 1. The molecule has 0 aromatic heterocycles. The van der Waals surface area contributed by atoms with Gasteiger partial charge in [0, 0.05) is 58.0 Å². The first-order valence-electron chi connectivity index (χ1n) is 19.8. The Kier molecular flexibility index (Phi) is 14.7. The van der Waals surface area contributed by atoms with Crippen molar-refractivity contribution in [1.82, 2.24) is 30.1 Å². The van der Waals surface area contributed by atoms with Gasteiger partial charge in [0.1, 0.15) is 12.1 Å². The third kappa shape index (κ3) is 12.6. The summed E-state index contributed by atoms with van der Waals surface area (Å²) in [5, 5.41) is 8.17. The predicted octanol–water partition coefficient (Wildman–Crippen LogP) is 3.42. The van der Waals surface area contributed by atoms with Crippen molar-refractivity contribution in [1.29, 1.82) is 0 Å². The van der Waals surface area contributed by atoms with Crippen LogP contribution in [0.1, 0.15) is 84.8 Å². The lowest BCUT2D eigenvalue weighted by Gasteiger charge is -2.37. The van der Waals surface area contributed by atoms with E-state index < -0.39 is 86.5 Å². The summed E-state index contributed by atoms with van der Waals surface area (Å²) in [7, 11) is -2.14. The Morgan fingerprint density at radius 2 is 1.65 bits per heavy atom. The Labute approximate surface area is 337 Å². The van der Waals surface area contributed by atoms with Gasteiger partial charge in [-0.15, -0.1) is 6.58 Å². The van der Waals surface area contributed by atoms with Crippen molar-refractivity contribution in [2.75, 3.05) is 39.5 Å². The van der Waals surface area contributed by atoms with E-state index in [1.807, 2.05) is 45.0 Å². The molecule has 0 spiro atoms. The lowest BCUT2D eigenvalue weighted by atomic mass is 9.85. The molecule has 2 heterocycles. The third-order valence-corrected chi connectivity index (χ3v) is 12.4. The van der Waals surface area contributed by atoms with Gasteiger partial charge < -0.3 is 30.5 Å². The maximum atomic E-state index is 14.7. The standard InChI is InChI=1S/C41H62N6O9S/c1-10-18-42-36(50)34(49)29(20-26-15-16-26)21-32(48)31-22-30(56-39(53)46-19-17-27-13-11-12-14-28(27)23-46)24-47(31)37(51)35(41(5,6)7)44-38(52)43-33(40(2,3)4)25-45(8)57(9,54)55/h10-14,26,29-31,33,35H,1,15-25H2,2-9H3,(H,42,50)(H2,43,44,52)/t29?,30?,31-,33+,35+/m0/s1. The number of ketones is 2. The van der Waals surface area contributed by atoms with Crippen LogP contribution in [-0.2, 0) is 46.9 Å². The number of carbonyl (C=O) groups excluding carboxylic acids is 6. The van der Waals surface area contributed by atoms with Gasteiger partial charge in [0.05, 0.1) is 18.8 Å². The van der Waals surface area contributed by atoms with E-state index in [1.165, 1.54) is 18.0 Å². The Balaban J connectivity index is 1.59. The largest absolute Gasteiger partial charge is 0.444 e. The zero-order chi connectivity index (χ0) is 42.5. The van der Waals surface area contributed by atoms with Crippen LogP contribution in [0, 0.1) is 22.7 Å². The Hall–Kier alpha value is -4.31. The zero-order valence-corrected chi connectivity index (χ0v) is 35.6. The van der Waals surface area contributed by atoms with Gasteiger partial charge >= 0.3 is 12.1 Å². The molecule has 16 heteroatoms. The SMILES string of the molecule is C=CCNC(=O)C(=O)C(CC(=O)[C@@H]1CC(OC(=O)N2CCc3ccccc3C2)CN1C(=O)[C@@H](NC(=O)N[C@H](CN(C)S(C)(=O)=O)C(C)(C)C)C(C)(C)C)CC1CC1. The van der Waals surface area contributed by atoms with Crippen molar-refractivity contribution in [2.45, 2.75) is 111 Å². The monoisotopic (exact) mass is 814 g/mol. The maximum Gasteiger partial charge on any atom is 0.410 e. The molecule has 316 valence electrons. The number of sulfonamides is 1. The van der Waals surface area contributed by atoms with Gasteiger partial charge in [0.25, 0.3) is 5.91 Å².